The van der Waals surface area contributed by atoms with Crippen molar-refractivity contribution in [2.45, 2.75) is 38.0 Å². The molecule has 0 amide bonds. The Morgan fingerprint density at radius 2 is 1.92 bits per heavy atom. The summed E-state index contributed by atoms with van der Waals surface area (Å²) < 4.78 is 0. The van der Waals surface area contributed by atoms with Crippen molar-refractivity contribution in [3.63, 3.8) is 0 Å². The molecule has 13 heavy (non-hydrogen) atoms. The van der Waals surface area contributed by atoms with Crippen LogP contribution in [-0.2, 0) is 0 Å². The first-order valence-electron chi connectivity index (χ1n) is 4.34. The number of hydrogen-bond donors (Lipinski definition) is 1. The van der Waals surface area contributed by atoms with Crippen molar-refractivity contribution in [3.05, 3.63) is 12.2 Å². The number of hydrogen-bond acceptors (Lipinski definition) is 1. The molecule has 0 radical (unpaired) electrons. The van der Waals surface area contributed by atoms with Crippen LogP contribution in [-0.4, -0.2) is 24.7 Å². The van der Waals surface area contributed by atoms with Gasteiger partial charge in [-0.3, -0.25) is 0 Å². The number of aliphatic hydroxyl groups excluding tert-OH is 1. The zero-order valence-electron chi connectivity index (χ0n) is 8.63. The van der Waals surface area contributed by atoms with Crippen LogP contribution in [0.3, 0.4) is 0 Å². The summed E-state index contributed by atoms with van der Waals surface area (Å²) in [5, 5.41) is 8.93. The minimum absolute atomic E-state index is 0.483. The van der Waals surface area contributed by atoms with Crippen LogP contribution in [0.15, 0.2) is 12.2 Å². The van der Waals surface area contributed by atoms with Crippen molar-refractivity contribution in [1.29, 1.82) is 0 Å². The van der Waals surface area contributed by atoms with E-state index in [4.69, 9.17) is 11.6 Å². The van der Waals surface area contributed by atoms with E-state index in [1.807, 2.05) is 6.92 Å². The van der Waals surface area contributed by atoms with Gasteiger partial charge in [-0.25, -0.2) is 0 Å². The van der Waals surface area contributed by atoms with E-state index in [9.17, 15) is 5.11 Å². The maximum Gasteiger partial charge on any atom is 0.129 e. The first-order chi connectivity index (χ1) is 5.87. The molecule has 0 saturated heterocycles. The zero-order chi connectivity index (χ0) is 10.5. The molecule has 74 valence electrons. The normalized spacial score (nSPS) is 16.5. The lowest BCUT2D eigenvalue weighted by Crippen LogP contribution is -2.20. The summed E-state index contributed by atoms with van der Waals surface area (Å²) in [6.07, 6.45) is 2.77. The van der Waals surface area contributed by atoms with E-state index >= 15 is 0 Å². The van der Waals surface area contributed by atoms with Crippen LogP contribution >= 0.6 is 11.6 Å². The van der Waals surface area contributed by atoms with E-state index in [1.165, 1.54) is 0 Å². The fourth-order valence-corrected chi connectivity index (χ4v) is 1.48. The number of alkyl halides is 1. The van der Waals surface area contributed by atoms with Crippen LogP contribution in [0.1, 0.15) is 6.92 Å². The Morgan fingerprint density at radius 1 is 1.38 bits per heavy atom. The Balaban J connectivity index is 4.26. The molecule has 1 N–H and O–H groups in total. The first kappa shape index (κ1) is 12.8. The van der Waals surface area contributed by atoms with Crippen molar-refractivity contribution >= 4 is 19.7 Å². The van der Waals surface area contributed by atoms with Crippen LogP contribution in [0.2, 0.25) is 19.6 Å². The van der Waals surface area contributed by atoms with E-state index in [0.717, 1.165) is 0 Å². The molecule has 0 aliphatic heterocycles. The van der Waals surface area contributed by atoms with Gasteiger partial charge in [0.15, 0.2) is 0 Å². The van der Waals surface area contributed by atoms with Gasteiger partial charge in [0.1, 0.15) is 13.5 Å². The molecule has 0 aromatic rings. The van der Waals surface area contributed by atoms with Gasteiger partial charge in [-0.2, -0.15) is 0 Å². The summed E-state index contributed by atoms with van der Waals surface area (Å²) in [4.78, 5) is 0. The van der Waals surface area contributed by atoms with Gasteiger partial charge in [0.25, 0.3) is 0 Å². The van der Waals surface area contributed by atoms with Gasteiger partial charge in [-0.1, -0.05) is 37.7 Å². The number of halogens is 1. The molecule has 0 bridgehead atoms. The van der Waals surface area contributed by atoms with Crippen LogP contribution in [0, 0.1) is 11.5 Å². The van der Waals surface area contributed by atoms with Crippen molar-refractivity contribution < 1.29 is 5.11 Å². The molecule has 0 heterocycles. The zero-order valence-corrected chi connectivity index (χ0v) is 10.4. The number of allylic oxidation sites excluding steroid dienone is 1. The Morgan fingerprint density at radius 3 is 2.31 bits per heavy atom. The third-order valence-corrected chi connectivity index (χ3v) is 2.54. The van der Waals surface area contributed by atoms with Gasteiger partial charge in [-0.15, -0.1) is 17.1 Å². The number of aliphatic hydroxyl groups is 1. The SMILES string of the molecule is C/C=C/[C@@H](O)[C@@H](Cl)C#C[Si](C)(C)C. The average Bonchev–Trinajstić information content (AvgIpc) is 1.99. The molecule has 0 rings (SSSR count). The molecule has 1 nitrogen and oxygen atoms in total. The maximum atomic E-state index is 9.41. The predicted octanol–water partition coefficient (Wildman–Crippen LogP) is 2.41. The molecular formula is C10H17ClOSi. The Kier molecular flexibility index (Phi) is 5.39. The van der Waals surface area contributed by atoms with E-state index in [-0.39, 0.29) is 0 Å². The van der Waals surface area contributed by atoms with Crippen LogP contribution in [0.5, 0.6) is 0 Å². The molecule has 0 unspecified atom stereocenters. The van der Waals surface area contributed by atoms with Gasteiger partial charge >= 0.3 is 0 Å². The second-order valence-corrected chi connectivity index (χ2v) is 9.16. The van der Waals surface area contributed by atoms with Crippen LogP contribution in [0.4, 0.5) is 0 Å². The smallest absolute Gasteiger partial charge is 0.129 e. The minimum atomic E-state index is -1.37. The largest absolute Gasteiger partial charge is 0.386 e. The molecule has 2 atom stereocenters. The highest BCUT2D eigenvalue weighted by Crippen LogP contribution is 2.04. The van der Waals surface area contributed by atoms with E-state index in [0.29, 0.717) is 0 Å². The Hall–Kier alpha value is -0.233. The topological polar surface area (TPSA) is 20.2 Å². The van der Waals surface area contributed by atoms with Crippen molar-refractivity contribution in [1.82, 2.24) is 0 Å². The summed E-state index contributed by atoms with van der Waals surface area (Å²) in [6.45, 7) is 8.28. The molecule has 3 heteroatoms. The Labute approximate surface area is 86.8 Å². The summed E-state index contributed by atoms with van der Waals surface area (Å²) in [7, 11) is -1.37. The van der Waals surface area contributed by atoms with Gasteiger partial charge < -0.3 is 5.11 Å². The molecule has 0 spiro atoms. The van der Waals surface area contributed by atoms with E-state index in [2.05, 4.69) is 31.1 Å². The van der Waals surface area contributed by atoms with Crippen molar-refractivity contribution in [3.8, 4) is 11.5 Å². The lowest BCUT2D eigenvalue weighted by atomic mass is 10.2. The second-order valence-electron chi connectivity index (χ2n) is 3.94. The summed E-state index contributed by atoms with van der Waals surface area (Å²) in [5.74, 6) is 2.88. The van der Waals surface area contributed by atoms with Crippen LogP contribution < -0.4 is 0 Å². The molecule has 0 aliphatic rings. The molecule has 0 fully saturated rings. The lowest BCUT2D eigenvalue weighted by molar-refractivity contribution is 0.232. The van der Waals surface area contributed by atoms with E-state index in [1.54, 1.807) is 12.2 Å². The molecular weight excluding hydrogens is 200 g/mol. The lowest BCUT2D eigenvalue weighted by Gasteiger charge is -2.08. The highest BCUT2D eigenvalue weighted by atomic mass is 35.5. The summed E-state index contributed by atoms with van der Waals surface area (Å²) in [5.41, 5.74) is 3.12. The highest BCUT2D eigenvalue weighted by Gasteiger charge is 2.12. The van der Waals surface area contributed by atoms with Crippen LogP contribution in [0.25, 0.3) is 0 Å². The summed E-state index contributed by atoms with van der Waals surface area (Å²) in [6, 6.07) is 0. The van der Waals surface area contributed by atoms with Crippen molar-refractivity contribution in [2.75, 3.05) is 0 Å². The standard InChI is InChI=1S/C10H17ClOSi/c1-5-6-10(12)9(11)7-8-13(2,3)4/h5-6,9-10,12H,1-4H3/b6-5+/t9-,10+/m0/s1. The summed E-state index contributed by atoms with van der Waals surface area (Å²) >= 11 is 5.86. The van der Waals surface area contributed by atoms with Crippen molar-refractivity contribution in [2.24, 2.45) is 0 Å². The first-order valence-corrected chi connectivity index (χ1v) is 8.28. The molecule has 0 aliphatic carbocycles. The maximum absolute atomic E-state index is 9.41. The minimum Gasteiger partial charge on any atom is -0.386 e. The second kappa shape index (κ2) is 5.49. The fourth-order valence-electron chi connectivity index (χ4n) is 0.666. The number of rotatable bonds is 2. The molecule has 0 saturated carbocycles. The van der Waals surface area contributed by atoms with Gasteiger partial charge in [0, 0.05) is 0 Å². The van der Waals surface area contributed by atoms with Gasteiger partial charge in [-0.05, 0) is 6.92 Å². The van der Waals surface area contributed by atoms with E-state index < -0.39 is 19.6 Å². The Bertz CT molecular complexity index is 232. The quantitative estimate of drug-likeness (QED) is 0.325. The van der Waals surface area contributed by atoms with Gasteiger partial charge in [0.05, 0.1) is 6.10 Å². The van der Waals surface area contributed by atoms with Gasteiger partial charge in [0.2, 0.25) is 0 Å². The molecule has 0 aromatic heterocycles. The third-order valence-electron chi connectivity index (χ3n) is 1.27. The fraction of sp³-hybridized carbons (Fsp3) is 0.600. The predicted molar refractivity (Wildman–Crippen MR) is 61.6 cm³/mol. The highest BCUT2D eigenvalue weighted by molar-refractivity contribution is 6.83. The molecule has 0 aromatic carbocycles. The average molecular weight is 217 g/mol. The third kappa shape index (κ3) is 6.89. The monoisotopic (exact) mass is 216 g/mol.